The van der Waals surface area contributed by atoms with Crippen LogP contribution in [0.25, 0.3) is 10.2 Å². The van der Waals surface area contributed by atoms with Gasteiger partial charge in [0.15, 0.2) is 5.96 Å². The molecule has 3 rings (SSSR count). The van der Waals surface area contributed by atoms with Crippen LogP contribution in [0, 0.1) is 5.92 Å². The highest BCUT2D eigenvalue weighted by molar-refractivity contribution is 14.0. The molecule has 0 bridgehead atoms. The van der Waals surface area contributed by atoms with Crippen molar-refractivity contribution >= 4 is 51.5 Å². The summed E-state index contributed by atoms with van der Waals surface area (Å²) in [5, 5.41) is 4.67. The molecule has 5 nitrogen and oxygen atoms in total. The summed E-state index contributed by atoms with van der Waals surface area (Å²) < 4.78 is 6.72. The number of aliphatic imine (C=N–C) groups is 1. The topological polar surface area (TPSA) is 49.8 Å². The fraction of sp³-hybridized carbons (Fsp3) is 0.556. The van der Waals surface area contributed by atoms with Gasteiger partial charge in [-0.25, -0.2) is 4.98 Å². The van der Waals surface area contributed by atoms with Crippen molar-refractivity contribution in [2.45, 2.75) is 19.3 Å². The Morgan fingerprint density at radius 3 is 3.00 bits per heavy atom. The Morgan fingerprint density at radius 1 is 1.44 bits per heavy atom. The molecule has 2 aromatic rings. The van der Waals surface area contributed by atoms with Crippen molar-refractivity contribution < 1.29 is 4.74 Å². The second kappa shape index (κ2) is 10.3. The zero-order valence-electron chi connectivity index (χ0n) is 14.9. The van der Waals surface area contributed by atoms with Crippen molar-refractivity contribution in [3.05, 3.63) is 29.3 Å². The minimum atomic E-state index is 0. The van der Waals surface area contributed by atoms with Crippen molar-refractivity contribution in [3.63, 3.8) is 0 Å². The lowest BCUT2D eigenvalue weighted by atomic mass is 10.1. The van der Waals surface area contributed by atoms with E-state index < -0.39 is 0 Å². The van der Waals surface area contributed by atoms with E-state index in [0.29, 0.717) is 5.92 Å². The molecule has 1 fully saturated rings. The first kappa shape index (κ1) is 20.4. The number of thiazole rings is 1. The molecule has 0 radical (unpaired) electrons. The fourth-order valence-electron chi connectivity index (χ4n) is 3.05. The van der Waals surface area contributed by atoms with Gasteiger partial charge < -0.3 is 15.0 Å². The summed E-state index contributed by atoms with van der Waals surface area (Å²) in [6.45, 7) is 3.68. The van der Waals surface area contributed by atoms with Crippen LogP contribution in [0.2, 0.25) is 0 Å². The Hall–Kier alpha value is -0.930. The number of benzene rings is 1. The Morgan fingerprint density at radius 2 is 2.28 bits per heavy atom. The Bertz CT molecular complexity index is 652. The first-order valence-electron chi connectivity index (χ1n) is 8.60. The summed E-state index contributed by atoms with van der Waals surface area (Å²) in [5.41, 5.74) is 1.11. The second-order valence-electron chi connectivity index (χ2n) is 6.26. The Kier molecular flexibility index (Phi) is 8.38. The normalized spacial score (nSPS) is 17.5. The highest BCUT2D eigenvalue weighted by atomic mass is 127. The van der Waals surface area contributed by atoms with E-state index in [0.717, 1.165) is 57.0 Å². The first-order valence-corrected chi connectivity index (χ1v) is 9.42. The molecule has 1 atom stereocenters. The largest absolute Gasteiger partial charge is 0.381 e. The van der Waals surface area contributed by atoms with E-state index in [2.05, 4.69) is 45.4 Å². The SMILES string of the molecule is CN=C(NCCCc1nc2ccccc2s1)N(C)CC1CCOC1.I. The molecule has 2 heterocycles. The van der Waals surface area contributed by atoms with E-state index in [4.69, 9.17) is 4.74 Å². The molecule has 1 aliphatic rings. The smallest absolute Gasteiger partial charge is 0.193 e. The average Bonchev–Trinajstić information content (AvgIpc) is 3.23. The highest BCUT2D eigenvalue weighted by Crippen LogP contribution is 2.22. The van der Waals surface area contributed by atoms with Crippen LogP contribution in [-0.2, 0) is 11.2 Å². The Balaban J connectivity index is 0.00000225. The van der Waals surface area contributed by atoms with Gasteiger partial charge in [-0.15, -0.1) is 35.3 Å². The summed E-state index contributed by atoms with van der Waals surface area (Å²) in [7, 11) is 3.94. The van der Waals surface area contributed by atoms with E-state index in [1.165, 1.54) is 9.71 Å². The molecule has 0 amide bonds. The molecule has 0 saturated carbocycles. The average molecular weight is 474 g/mol. The molecule has 0 spiro atoms. The third-order valence-corrected chi connectivity index (χ3v) is 5.41. The molecule has 0 aliphatic carbocycles. The van der Waals surface area contributed by atoms with Crippen LogP contribution in [0.3, 0.4) is 0 Å². The number of halogens is 1. The van der Waals surface area contributed by atoms with E-state index in [1.54, 1.807) is 11.3 Å². The lowest BCUT2D eigenvalue weighted by Gasteiger charge is -2.24. The number of hydrogen-bond donors (Lipinski definition) is 1. The maximum atomic E-state index is 5.45. The van der Waals surface area contributed by atoms with Crippen LogP contribution in [0.1, 0.15) is 17.8 Å². The second-order valence-corrected chi connectivity index (χ2v) is 7.38. The molecule has 1 unspecified atom stereocenters. The van der Waals surface area contributed by atoms with Gasteiger partial charge in [0.25, 0.3) is 0 Å². The van der Waals surface area contributed by atoms with Crippen LogP contribution < -0.4 is 5.32 Å². The number of nitrogens with zero attached hydrogens (tertiary/aromatic N) is 3. The van der Waals surface area contributed by atoms with Gasteiger partial charge in [0.05, 0.1) is 21.8 Å². The van der Waals surface area contributed by atoms with Gasteiger partial charge in [0.1, 0.15) is 0 Å². The van der Waals surface area contributed by atoms with Gasteiger partial charge in [-0.2, -0.15) is 0 Å². The van der Waals surface area contributed by atoms with Gasteiger partial charge >= 0.3 is 0 Å². The minimum absolute atomic E-state index is 0. The maximum Gasteiger partial charge on any atom is 0.193 e. The van der Waals surface area contributed by atoms with Crippen molar-refractivity contribution in [1.82, 2.24) is 15.2 Å². The van der Waals surface area contributed by atoms with E-state index >= 15 is 0 Å². The number of aryl methyl sites for hydroxylation is 1. The van der Waals surface area contributed by atoms with Crippen LogP contribution >= 0.6 is 35.3 Å². The fourth-order valence-corrected chi connectivity index (χ4v) is 4.06. The van der Waals surface area contributed by atoms with Crippen molar-refractivity contribution in [3.8, 4) is 0 Å². The molecule has 25 heavy (non-hydrogen) atoms. The number of fused-ring (bicyclic) bond motifs is 1. The standard InChI is InChI=1S/C18H26N4OS.HI/c1-19-18(22(2)12-14-9-11-23-13-14)20-10-5-8-17-21-15-6-3-4-7-16(15)24-17;/h3-4,6-7,14H,5,8-13H2,1-2H3,(H,19,20);1H. The number of rotatable bonds is 6. The Labute approximate surface area is 170 Å². The molecule has 1 aromatic heterocycles. The zero-order valence-corrected chi connectivity index (χ0v) is 18.0. The first-order chi connectivity index (χ1) is 11.8. The highest BCUT2D eigenvalue weighted by Gasteiger charge is 2.18. The lowest BCUT2D eigenvalue weighted by Crippen LogP contribution is -2.41. The molecule has 138 valence electrons. The van der Waals surface area contributed by atoms with Crippen molar-refractivity contribution in [2.24, 2.45) is 10.9 Å². The number of aromatic nitrogens is 1. The molecule has 1 aliphatic heterocycles. The predicted molar refractivity (Wildman–Crippen MR) is 116 cm³/mol. The maximum absolute atomic E-state index is 5.45. The van der Waals surface area contributed by atoms with E-state index in [-0.39, 0.29) is 24.0 Å². The molecule has 1 aromatic carbocycles. The zero-order chi connectivity index (χ0) is 16.8. The number of para-hydroxylation sites is 1. The number of ether oxygens (including phenoxy) is 1. The van der Waals surface area contributed by atoms with Gasteiger partial charge in [0.2, 0.25) is 0 Å². The summed E-state index contributed by atoms with van der Waals surface area (Å²) in [5.74, 6) is 1.59. The minimum Gasteiger partial charge on any atom is -0.381 e. The predicted octanol–water partition coefficient (Wildman–Crippen LogP) is 3.39. The van der Waals surface area contributed by atoms with Gasteiger partial charge in [-0.1, -0.05) is 12.1 Å². The van der Waals surface area contributed by atoms with E-state index in [9.17, 15) is 0 Å². The monoisotopic (exact) mass is 474 g/mol. The summed E-state index contributed by atoms with van der Waals surface area (Å²) >= 11 is 1.80. The van der Waals surface area contributed by atoms with Crippen molar-refractivity contribution in [2.75, 3.05) is 40.4 Å². The lowest BCUT2D eigenvalue weighted by molar-refractivity contribution is 0.181. The number of guanidine groups is 1. The van der Waals surface area contributed by atoms with Gasteiger partial charge in [-0.3, -0.25) is 4.99 Å². The summed E-state index contributed by atoms with van der Waals surface area (Å²) in [6.07, 6.45) is 3.21. The molecule has 7 heteroatoms. The van der Waals surface area contributed by atoms with Gasteiger partial charge in [-0.05, 0) is 25.0 Å². The molecular weight excluding hydrogens is 447 g/mol. The van der Waals surface area contributed by atoms with Crippen LogP contribution in [0.4, 0.5) is 0 Å². The molecule has 1 saturated heterocycles. The van der Waals surface area contributed by atoms with Gasteiger partial charge in [0, 0.05) is 46.1 Å². The molecular formula is C18H27IN4OS. The number of hydrogen-bond acceptors (Lipinski definition) is 4. The number of nitrogens with one attached hydrogen (secondary N) is 1. The third-order valence-electron chi connectivity index (χ3n) is 4.32. The summed E-state index contributed by atoms with van der Waals surface area (Å²) in [4.78, 5) is 11.3. The van der Waals surface area contributed by atoms with Crippen molar-refractivity contribution in [1.29, 1.82) is 0 Å². The van der Waals surface area contributed by atoms with Crippen LogP contribution in [-0.4, -0.2) is 56.2 Å². The quantitative estimate of drug-likeness (QED) is 0.302. The van der Waals surface area contributed by atoms with Crippen LogP contribution in [0.15, 0.2) is 29.3 Å². The van der Waals surface area contributed by atoms with Crippen LogP contribution in [0.5, 0.6) is 0 Å². The molecule has 1 N–H and O–H groups in total. The van der Waals surface area contributed by atoms with E-state index in [1.807, 2.05) is 13.1 Å². The third kappa shape index (κ3) is 5.79. The summed E-state index contributed by atoms with van der Waals surface area (Å²) in [6, 6.07) is 8.33.